The van der Waals surface area contributed by atoms with Crippen molar-refractivity contribution in [1.29, 1.82) is 0 Å². The minimum Gasteiger partial charge on any atom is -0.497 e. The SMILES string of the molecule is COc1ccc(C(=O)N2CCC(=NO)CC2)cc1. The number of amides is 1. The molecule has 0 atom stereocenters. The molecule has 1 fully saturated rings. The number of carbonyl (C=O) groups excluding carboxylic acids is 1. The first-order valence-electron chi connectivity index (χ1n) is 5.87. The topological polar surface area (TPSA) is 62.1 Å². The van der Waals surface area contributed by atoms with Gasteiger partial charge in [0.15, 0.2) is 0 Å². The zero-order valence-corrected chi connectivity index (χ0v) is 10.3. The van der Waals surface area contributed by atoms with Crippen LogP contribution in [0, 0.1) is 0 Å². The number of likely N-dealkylation sites (tertiary alicyclic amines) is 1. The van der Waals surface area contributed by atoms with Crippen molar-refractivity contribution in [2.24, 2.45) is 5.16 Å². The Morgan fingerprint density at radius 1 is 1.28 bits per heavy atom. The third-order valence-electron chi connectivity index (χ3n) is 3.11. The minimum atomic E-state index is 0.00893. The quantitative estimate of drug-likeness (QED) is 0.640. The van der Waals surface area contributed by atoms with Crippen LogP contribution in [-0.4, -0.2) is 41.9 Å². The van der Waals surface area contributed by atoms with Crippen LogP contribution < -0.4 is 4.74 Å². The van der Waals surface area contributed by atoms with Gasteiger partial charge in [0, 0.05) is 31.5 Å². The molecule has 0 radical (unpaired) electrons. The molecule has 1 heterocycles. The van der Waals surface area contributed by atoms with Crippen LogP contribution in [0.4, 0.5) is 0 Å². The molecule has 1 amide bonds. The highest BCUT2D eigenvalue weighted by Crippen LogP contribution is 2.15. The van der Waals surface area contributed by atoms with E-state index in [1.807, 2.05) is 0 Å². The predicted octanol–water partition coefficient (Wildman–Crippen LogP) is 1.76. The minimum absolute atomic E-state index is 0.00893. The van der Waals surface area contributed by atoms with E-state index in [-0.39, 0.29) is 5.91 Å². The Morgan fingerprint density at radius 2 is 1.89 bits per heavy atom. The fraction of sp³-hybridized carbons (Fsp3) is 0.385. The number of rotatable bonds is 2. The highest BCUT2D eigenvalue weighted by Gasteiger charge is 2.21. The van der Waals surface area contributed by atoms with E-state index in [0.717, 1.165) is 11.5 Å². The number of oxime groups is 1. The summed E-state index contributed by atoms with van der Waals surface area (Å²) in [5.74, 6) is 0.745. The third kappa shape index (κ3) is 2.61. The Balaban J connectivity index is 2.03. The highest BCUT2D eigenvalue weighted by molar-refractivity contribution is 5.96. The maximum absolute atomic E-state index is 12.2. The van der Waals surface area contributed by atoms with Gasteiger partial charge < -0.3 is 14.8 Å². The molecule has 0 bridgehead atoms. The van der Waals surface area contributed by atoms with Crippen molar-refractivity contribution in [1.82, 2.24) is 4.90 Å². The van der Waals surface area contributed by atoms with Gasteiger partial charge in [-0.25, -0.2) is 0 Å². The lowest BCUT2D eigenvalue weighted by atomic mass is 10.1. The van der Waals surface area contributed by atoms with Gasteiger partial charge in [-0.15, -0.1) is 0 Å². The Morgan fingerprint density at radius 3 is 2.39 bits per heavy atom. The summed E-state index contributed by atoms with van der Waals surface area (Å²) in [6.07, 6.45) is 1.27. The van der Waals surface area contributed by atoms with Crippen LogP contribution in [0.5, 0.6) is 5.75 Å². The molecule has 0 aliphatic carbocycles. The van der Waals surface area contributed by atoms with Crippen LogP contribution in [0.15, 0.2) is 29.4 Å². The molecule has 2 rings (SSSR count). The first kappa shape index (κ1) is 12.4. The Hall–Kier alpha value is -2.04. The third-order valence-corrected chi connectivity index (χ3v) is 3.11. The standard InChI is InChI=1S/C13H16N2O3/c1-18-12-4-2-10(3-5-12)13(16)15-8-6-11(14-17)7-9-15/h2-5,17H,6-9H2,1H3. The zero-order chi connectivity index (χ0) is 13.0. The summed E-state index contributed by atoms with van der Waals surface area (Å²) in [6, 6.07) is 7.07. The number of benzene rings is 1. The molecule has 1 saturated heterocycles. The molecular formula is C13H16N2O3. The average Bonchev–Trinajstić information content (AvgIpc) is 2.47. The lowest BCUT2D eigenvalue weighted by molar-refractivity contribution is 0.0753. The zero-order valence-electron chi connectivity index (χ0n) is 10.3. The number of hydrogen-bond donors (Lipinski definition) is 1. The van der Waals surface area contributed by atoms with Crippen LogP contribution in [0.3, 0.4) is 0 Å². The van der Waals surface area contributed by atoms with Gasteiger partial charge >= 0.3 is 0 Å². The molecule has 1 aliphatic heterocycles. The van der Waals surface area contributed by atoms with Crippen molar-refractivity contribution in [2.45, 2.75) is 12.8 Å². The molecule has 0 saturated carbocycles. The second-order valence-corrected chi connectivity index (χ2v) is 4.19. The number of nitrogens with zero attached hydrogens (tertiary/aromatic N) is 2. The first-order chi connectivity index (χ1) is 8.74. The van der Waals surface area contributed by atoms with Gasteiger partial charge in [0.1, 0.15) is 5.75 Å². The van der Waals surface area contributed by atoms with E-state index in [1.54, 1.807) is 36.3 Å². The maximum atomic E-state index is 12.2. The van der Waals surface area contributed by atoms with Gasteiger partial charge in [-0.1, -0.05) is 5.16 Å². The molecule has 18 heavy (non-hydrogen) atoms. The number of ether oxygens (including phenoxy) is 1. The molecule has 0 aromatic heterocycles. The second-order valence-electron chi connectivity index (χ2n) is 4.19. The lowest BCUT2D eigenvalue weighted by Crippen LogP contribution is -2.38. The van der Waals surface area contributed by atoms with Crippen LogP contribution in [-0.2, 0) is 0 Å². The summed E-state index contributed by atoms with van der Waals surface area (Å²) in [5, 5.41) is 11.9. The van der Waals surface area contributed by atoms with Gasteiger partial charge in [-0.3, -0.25) is 4.79 Å². The Bertz CT molecular complexity index is 444. The van der Waals surface area contributed by atoms with Crippen molar-refractivity contribution in [3.8, 4) is 5.75 Å². The van der Waals surface area contributed by atoms with Gasteiger partial charge in [0.2, 0.25) is 0 Å². The number of carbonyl (C=O) groups is 1. The van der Waals surface area contributed by atoms with Gasteiger partial charge in [0.05, 0.1) is 12.8 Å². The average molecular weight is 248 g/mol. The molecule has 1 aliphatic rings. The largest absolute Gasteiger partial charge is 0.497 e. The van der Waals surface area contributed by atoms with E-state index >= 15 is 0 Å². The van der Waals surface area contributed by atoms with Crippen molar-refractivity contribution in [3.05, 3.63) is 29.8 Å². The molecule has 0 spiro atoms. The molecule has 1 aromatic rings. The highest BCUT2D eigenvalue weighted by atomic mass is 16.5. The van der Waals surface area contributed by atoms with Crippen LogP contribution in [0.2, 0.25) is 0 Å². The van der Waals surface area contributed by atoms with Crippen LogP contribution >= 0.6 is 0 Å². The van der Waals surface area contributed by atoms with Gasteiger partial charge in [0.25, 0.3) is 5.91 Å². The van der Waals surface area contributed by atoms with Crippen molar-refractivity contribution in [3.63, 3.8) is 0 Å². The van der Waals surface area contributed by atoms with E-state index < -0.39 is 0 Å². The van der Waals surface area contributed by atoms with E-state index in [2.05, 4.69) is 5.16 Å². The van der Waals surface area contributed by atoms with E-state index in [4.69, 9.17) is 9.94 Å². The summed E-state index contributed by atoms with van der Waals surface area (Å²) in [6.45, 7) is 1.20. The van der Waals surface area contributed by atoms with Crippen molar-refractivity contribution >= 4 is 11.6 Å². The first-order valence-corrected chi connectivity index (χ1v) is 5.87. The Labute approximate surface area is 106 Å². The monoisotopic (exact) mass is 248 g/mol. The Kier molecular flexibility index (Phi) is 3.82. The van der Waals surface area contributed by atoms with Crippen LogP contribution in [0.1, 0.15) is 23.2 Å². The van der Waals surface area contributed by atoms with Crippen LogP contribution in [0.25, 0.3) is 0 Å². The summed E-state index contributed by atoms with van der Waals surface area (Å²) in [7, 11) is 1.59. The predicted molar refractivity (Wildman–Crippen MR) is 67.4 cm³/mol. The molecule has 1 aromatic carbocycles. The van der Waals surface area contributed by atoms with E-state index in [1.165, 1.54) is 0 Å². The fourth-order valence-electron chi connectivity index (χ4n) is 1.98. The molecule has 5 nitrogen and oxygen atoms in total. The molecular weight excluding hydrogens is 232 g/mol. The molecule has 0 unspecified atom stereocenters. The molecule has 96 valence electrons. The van der Waals surface area contributed by atoms with Crippen molar-refractivity contribution < 1.29 is 14.7 Å². The second kappa shape index (κ2) is 5.53. The maximum Gasteiger partial charge on any atom is 0.253 e. The number of hydrogen-bond acceptors (Lipinski definition) is 4. The summed E-state index contributed by atoms with van der Waals surface area (Å²) < 4.78 is 5.05. The van der Waals surface area contributed by atoms with Gasteiger partial charge in [-0.05, 0) is 24.3 Å². The molecule has 1 N–H and O–H groups in total. The van der Waals surface area contributed by atoms with Crippen molar-refractivity contribution in [2.75, 3.05) is 20.2 Å². The van der Waals surface area contributed by atoms with Gasteiger partial charge in [-0.2, -0.15) is 0 Å². The summed E-state index contributed by atoms with van der Waals surface area (Å²) in [5.41, 5.74) is 1.41. The number of methoxy groups -OCH3 is 1. The fourth-order valence-corrected chi connectivity index (χ4v) is 1.98. The number of piperidine rings is 1. The summed E-state index contributed by atoms with van der Waals surface area (Å²) in [4.78, 5) is 14.0. The van der Waals surface area contributed by atoms with E-state index in [0.29, 0.717) is 31.5 Å². The molecule has 5 heteroatoms. The summed E-state index contributed by atoms with van der Waals surface area (Å²) >= 11 is 0. The lowest BCUT2D eigenvalue weighted by Gasteiger charge is -2.27. The smallest absolute Gasteiger partial charge is 0.253 e. The normalized spacial score (nSPS) is 15.4. The van der Waals surface area contributed by atoms with E-state index in [9.17, 15) is 4.79 Å².